The number of hydrogen-bond donors (Lipinski definition) is 1. The molecular weight excluding hydrogens is 571 g/mol. The molecule has 5 rings (SSSR count). The number of fused-ring (bicyclic) bond motifs is 1. The van der Waals surface area contributed by atoms with Gasteiger partial charge in [0.15, 0.2) is 23.0 Å². The Morgan fingerprint density at radius 1 is 1.10 bits per heavy atom. The van der Waals surface area contributed by atoms with Crippen molar-refractivity contribution >= 4 is 27.0 Å². The molecule has 0 saturated carbocycles. The Bertz CT molecular complexity index is 1710. The van der Waals surface area contributed by atoms with Gasteiger partial charge >= 0.3 is 6.18 Å². The number of nitrogens with zero attached hydrogens (tertiary/aromatic N) is 6. The lowest BCUT2D eigenvalue weighted by molar-refractivity contribution is -0.140. The van der Waals surface area contributed by atoms with Crippen molar-refractivity contribution in [3.63, 3.8) is 0 Å². The number of phenolic OH excluding ortho intramolecular Hbond substituents is 1. The second kappa shape index (κ2) is 10.5. The highest BCUT2D eigenvalue weighted by Gasteiger charge is 2.38. The number of aromatic nitrogens is 4. The van der Waals surface area contributed by atoms with Gasteiger partial charge in [-0.05, 0) is 25.0 Å². The molecule has 1 atom stereocenters. The van der Waals surface area contributed by atoms with Crippen LogP contribution in [0.3, 0.4) is 0 Å². The van der Waals surface area contributed by atoms with E-state index >= 15 is 0 Å². The predicted molar refractivity (Wildman–Crippen MR) is 141 cm³/mol. The molecule has 1 N–H and O–H groups in total. The molecule has 1 fully saturated rings. The number of piperazine rings is 1. The van der Waals surface area contributed by atoms with Crippen molar-refractivity contribution in [2.45, 2.75) is 32.1 Å². The zero-order valence-corrected chi connectivity index (χ0v) is 22.7. The molecule has 0 unspecified atom stereocenters. The van der Waals surface area contributed by atoms with Crippen LogP contribution in [0.4, 0.5) is 27.9 Å². The minimum absolute atomic E-state index is 0.0861. The first kappa shape index (κ1) is 28.7. The fraction of sp³-hybridized carbons (Fsp3) is 0.346. The number of phenols is 1. The normalized spacial score (nSPS) is 17.0. The van der Waals surface area contributed by atoms with Crippen molar-refractivity contribution in [1.29, 1.82) is 0 Å². The summed E-state index contributed by atoms with van der Waals surface area (Å²) in [7, 11) is -3.47. The number of aryl methyl sites for hydroxylation is 1. The first-order valence-electron chi connectivity index (χ1n) is 12.6. The highest BCUT2D eigenvalue weighted by Crippen LogP contribution is 2.41. The van der Waals surface area contributed by atoms with Gasteiger partial charge in [0.05, 0.1) is 17.2 Å². The number of aromatic hydroxyl groups is 1. The molecule has 0 spiro atoms. The van der Waals surface area contributed by atoms with Crippen LogP contribution in [0.2, 0.25) is 0 Å². The molecule has 41 heavy (non-hydrogen) atoms. The van der Waals surface area contributed by atoms with Gasteiger partial charge in [0.1, 0.15) is 5.69 Å². The molecule has 3 heterocycles. The van der Waals surface area contributed by atoms with Crippen molar-refractivity contribution in [1.82, 2.24) is 24.1 Å². The molecule has 2 aromatic carbocycles. The van der Waals surface area contributed by atoms with Gasteiger partial charge in [-0.1, -0.05) is 30.3 Å². The third-order valence-corrected chi connectivity index (χ3v) is 8.27. The van der Waals surface area contributed by atoms with E-state index in [2.05, 4.69) is 15.1 Å². The standard InChI is InChI=1S/C26H25F5N6O3S/c1-3-37-24-18(22(34-37)17-12-19(26(29,30)31)21(28)23(38)20(17)27)13-32-25(33-24)36-10-9-35(41(2,39)40)14-16(36)11-15-7-5-4-6-8-15/h4-8,12-13,16,38H,3,9-11,14H2,1-2H3/t16-/m1/s1. The maximum atomic E-state index is 14.9. The molecule has 0 radical (unpaired) electrons. The SMILES string of the molecule is CCn1nc(-c2cc(C(F)(F)F)c(F)c(O)c2F)c2cnc(N3CCN(S(C)(=O)=O)C[C@H]3Cc3ccccc3)nc21. The maximum Gasteiger partial charge on any atom is 0.419 e. The molecule has 0 aliphatic carbocycles. The largest absolute Gasteiger partial charge is 0.503 e. The van der Waals surface area contributed by atoms with E-state index in [1.165, 1.54) is 15.2 Å². The number of rotatable bonds is 6. The summed E-state index contributed by atoms with van der Waals surface area (Å²) in [6.45, 7) is 2.51. The molecule has 218 valence electrons. The summed E-state index contributed by atoms with van der Waals surface area (Å²) < 4.78 is 96.6. The monoisotopic (exact) mass is 596 g/mol. The van der Waals surface area contributed by atoms with Gasteiger partial charge in [0, 0.05) is 44.0 Å². The van der Waals surface area contributed by atoms with E-state index in [9.17, 15) is 35.5 Å². The Balaban J connectivity index is 1.60. The second-order valence-electron chi connectivity index (χ2n) is 9.68. The summed E-state index contributed by atoms with van der Waals surface area (Å²) in [6, 6.07) is 9.36. The summed E-state index contributed by atoms with van der Waals surface area (Å²) >= 11 is 0. The van der Waals surface area contributed by atoms with Gasteiger partial charge in [0.2, 0.25) is 16.0 Å². The van der Waals surface area contributed by atoms with Crippen LogP contribution in [0.15, 0.2) is 42.6 Å². The average molecular weight is 597 g/mol. The molecule has 1 saturated heterocycles. The van der Waals surface area contributed by atoms with E-state index in [-0.39, 0.29) is 61.0 Å². The first-order valence-corrected chi connectivity index (χ1v) is 14.4. The van der Waals surface area contributed by atoms with Crippen LogP contribution in [-0.2, 0) is 29.2 Å². The second-order valence-corrected chi connectivity index (χ2v) is 11.7. The Morgan fingerprint density at radius 3 is 2.44 bits per heavy atom. The molecule has 15 heteroatoms. The van der Waals surface area contributed by atoms with E-state index in [0.29, 0.717) is 6.42 Å². The molecular formula is C26H25F5N6O3S. The highest BCUT2D eigenvalue weighted by atomic mass is 32.2. The quantitative estimate of drug-likeness (QED) is 0.333. The lowest BCUT2D eigenvalue weighted by Gasteiger charge is -2.40. The van der Waals surface area contributed by atoms with Gasteiger partial charge in [-0.3, -0.25) is 0 Å². The summed E-state index contributed by atoms with van der Waals surface area (Å²) in [4.78, 5) is 10.9. The molecule has 0 bridgehead atoms. The average Bonchev–Trinajstić information content (AvgIpc) is 3.29. The summed E-state index contributed by atoms with van der Waals surface area (Å²) in [5, 5.41) is 14.1. The van der Waals surface area contributed by atoms with Crippen molar-refractivity contribution in [3.8, 4) is 17.0 Å². The number of sulfonamides is 1. The topological polar surface area (TPSA) is 104 Å². The smallest absolute Gasteiger partial charge is 0.419 e. The van der Waals surface area contributed by atoms with Crippen molar-refractivity contribution in [2.24, 2.45) is 0 Å². The predicted octanol–water partition coefficient (Wildman–Crippen LogP) is 4.21. The van der Waals surface area contributed by atoms with Crippen LogP contribution >= 0.6 is 0 Å². The van der Waals surface area contributed by atoms with E-state index in [0.717, 1.165) is 11.8 Å². The highest BCUT2D eigenvalue weighted by molar-refractivity contribution is 7.88. The first-order chi connectivity index (χ1) is 19.3. The van der Waals surface area contributed by atoms with Crippen LogP contribution in [0, 0.1) is 11.6 Å². The van der Waals surface area contributed by atoms with Crippen LogP contribution in [0.5, 0.6) is 5.75 Å². The fourth-order valence-corrected chi connectivity index (χ4v) is 5.82. The van der Waals surface area contributed by atoms with Crippen molar-refractivity contribution in [3.05, 3.63) is 65.4 Å². The van der Waals surface area contributed by atoms with Crippen molar-refractivity contribution in [2.75, 3.05) is 30.8 Å². The third-order valence-electron chi connectivity index (χ3n) is 7.00. The van der Waals surface area contributed by atoms with Gasteiger partial charge in [0.25, 0.3) is 0 Å². The van der Waals surface area contributed by atoms with E-state index in [1.807, 2.05) is 35.2 Å². The minimum Gasteiger partial charge on any atom is -0.503 e. The summed E-state index contributed by atoms with van der Waals surface area (Å²) in [6.07, 6.45) is -2.30. The number of anilines is 1. The van der Waals surface area contributed by atoms with Gasteiger partial charge in [-0.15, -0.1) is 0 Å². The molecule has 9 nitrogen and oxygen atoms in total. The lowest BCUT2D eigenvalue weighted by Crippen LogP contribution is -2.56. The van der Waals surface area contributed by atoms with Crippen LogP contribution in [0.25, 0.3) is 22.3 Å². The van der Waals surface area contributed by atoms with E-state index in [1.54, 1.807) is 6.92 Å². The van der Waals surface area contributed by atoms with E-state index < -0.39 is 44.7 Å². The molecule has 0 amide bonds. The van der Waals surface area contributed by atoms with Crippen LogP contribution in [-0.4, -0.2) is 69.5 Å². The molecule has 2 aromatic heterocycles. The molecule has 1 aliphatic rings. The number of halogens is 5. The van der Waals surface area contributed by atoms with Gasteiger partial charge < -0.3 is 10.0 Å². The van der Waals surface area contributed by atoms with Gasteiger partial charge in [-0.25, -0.2) is 26.9 Å². The fourth-order valence-electron chi connectivity index (χ4n) is 4.96. The number of hydrogen-bond acceptors (Lipinski definition) is 7. The minimum atomic E-state index is -5.20. The Morgan fingerprint density at radius 2 is 1.80 bits per heavy atom. The molecule has 4 aromatic rings. The van der Waals surface area contributed by atoms with Gasteiger partial charge in [-0.2, -0.15) is 27.6 Å². The number of benzene rings is 2. The third kappa shape index (κ3) is 5.43. The lowest BCUT2D eigenvalue weighted by atomic mass is 10.0. The summed E-state index contributed by atoms with van der Waals surface area (Å²) in [5.74, 6) is -5.25. The van der Waals surface area contributed by atoms with Crippen molar-refractivity contribution < 1.29 is 35.5 Å². The maximum absolute atomic E-state index is 14.9. The number of alkyl halides is 3. The van der Waals surface area contributed by atoms with E-state index in [4.69, 9.17) is 0 Å². The zero-order valence-electron chi connectivity index (χ0n) is 21.9. The van der Waals surface area contributed by atoms with Crippen LogP contribution < -0.4 is 4.90 Å². The Labute approximate surface area is 231 Å². The summed E-state index contributed by atoms with van der Waals surface area (Å²) in [5.41, 5.74) is -1.75. The Kier molecular flexibility index (Phi) is 7.36. The zero-order chi connectivity index (χ0) is 29.7. The van der Waals surface area contributed by atoms with Crippen LogP contribution in [0.1, 0.15) is 18.1 Å². The Hall–Kier alpha value is -3.85. The molecule has 1 aliphatic heterocycles.